The van der Waals surface area contributed by atoms with E-state index in [0.717, 1.165) is 4.70 Å². The summed E-state index contributed by atoms with van der Waals surface area (Å²) >= 11 is 1.37. The van der Waals surface area contributed by atoms with E-state index in [0.29, 0.717) is 33.0 Å². The summed E-state index contributed by atoms with van der Waals surface area (Å²) in [5, 5.41) is 54.6. The van der Waals surface area contributed by atoms with Gasteiger partial charge in [0.05, 0.1) is 35.1 Å². The van der Waals surface area contributed by atoms with Crippen LogP contribution in [-0.2, 0) is 4.74 Å². The number of ether oxygens (including phenoxy) is 2. The van der Waals surface area contributed by atoms with Gasteiger partial charge in [-0.05, 0) is 48.5 Å². The summed E-state index contributed by atoms with van der Waals surface area (Å²) in [4.78, 5) is 35.0. The van der Waals surface area contributed by atoms with Gasteiger partial charge in [0.1, 0.15) is 40.7 Å². The number of hydrogen-bond donors (Lipinski definition) is 6. The smallest absolute Gasteiger partial charge is 0.335 e. The molecule has 0 spiro atoms. The quantitative estimate of drug-likeness (QED) is 0.147. The number of aromatic nitrogens is 1. The molecule has 1 aliphatic rings. The average Bonchev–Trinajstić information content (AvgIpc) is 3.66. The number of fused-ring (bicyclic) bond motifs is 1. The van der Waals surface area contributed by atoms with E-state index in [1.807, 2.05) is 18.2 Å². The monoisotopic (exact) mass is 663 g/mol. The van der Waals surface area contributed by atoms with Gasteiger partial charge in [-0.3, -0.25) is 0 Å². The highest BCUT2D eigenvalue weighted by Crippen LogP contribution is 2.39. The van der Waals surface area contributed by atoms with Crippen LogP contribution < -0.4 is 4.74 Å². The van der Waals surface area contributed by atoms with E-state index in [1.54, 1.807) is 98.1 Å². The summed E-state index contributed by atoms with van der Waals surface area (Å²) in [5.41, 5.74) is 1.69. The van der Waals surface area contributed by atoms with Crippen LogP contribution in [0.4, 0.5) is 0 Å². The summed E-state index contributed by atoms with van der Waals surface area (Å²) in [6.45, 7) is -0.344. The SMILES string of the molecule is COc1cccc2sc([C@@H]3O[C@H](CO)[C@@H](O)[C@H]3O)nc12.O=C(O)c1ccccc1.O=C(O)c1ccccc1.O=C(O)c1ccccc1. The molecule has 0 radical (unpaired) electrons. The van der Waals surface area contributed by atoms with Gasteiger partial charge in [-0.15, -0.1) is 11.3 Å². The predicted molar refractivity (Wildman–Crippen MR) is 173 cm³/mol. The lowest BCUT2D eigenvalue weighted by Crippen LogP contribution is -2.32. The van der Waals surface area contributed by atoms with Crippen molar-refractivity contribution in [3.8, 4) is 5.75 Å². The Balaban J connectivity index is 0.000000187. The molecule has 47 heavy (non-hydrogen) atoms. The lowest BCUT2D eigenvalue weighted by atomic mass is 10.1. The number of hydrogen-bond acceptors (Lipinski definition) is 10. The van der Waals surface area contributed by atoms with Gasteiger partial charge in [-0.1, -0.05) is 60.7 Å². The molecule has 1 saturated heterocycles. The molecule has 1 aliphatic heterocycles. The van der Waals surface area contributed by atoms with Crippen molar-refractivity contribution in [1.29, 1.82) is 0 Å². The topological polar surface area (TPSA) is 204 Å². The number of thiazole rings is 1. The Kier molecular flexibility index (Phi) is 14.0. The fraction of sp³-hybridized carbons (Fsp3) is 0.176. The first-order valence-corrected chi connectivity index (χ1v) is 14.8. The van der Waals surface area contributed by atoms with Gasteiger partial charge >= 0.3 is 17.9 Å². The number of carboxylic acids is 3. The average molecular weight is 664 g/mol. The molecule has 0 amide bonds. The van der Waals surface area contributed by atoms with Crippen molar-refractivity contribution >= 4 is 39.5 Å². The number of aliphatic hydroxyl groups excluding tert-OH is 3. The highest BCUT2D eigenvalue weighted by atomic mass is 32.1. The molecule has 4 atom stereocenters. The van der Waals surface area contributed by atoms with E-state index in [2.05, 4.69) is 4.98 Å². The number of carbonyl (C=O) groups is 3. The van der Waals surface area contributed by atoms with Crippen molar-refractivity contribution < 1.29 is 54.5 Å². The molecule has 6 N–H and O–H groups in total. The van der Waals surface area contributed by atoms with Crippen LogP contribution >= 0.6 is 11.3 Å². The zero-order valence-corrected chi connectivity index (χ0v) is 25.8. The molecule has 0 aliphatic carbocycles. The van der Waals surface area contributed by atoms with Gasteiger partial charge in [0, 0.05) is 0 Å². The van der Waals surface area contributed by atoms with E-state index in [4.69, 9.17) is 29.9 Å². The first-order chi connectivity index (χ1) is 22.6. The summed E-state index contributed by atoms with van der Waals surface area (Å²) in [6, 6.07) is 30.5. The minimum absolute atomic E-state index is 0.331. The number of methoxy groups -OCH3 is 1. The third-order valence-corrected chi connectivity index (χ3v) is 7.55. The van der Waals surface area contributed by atoms with Crippen LogP contribution in [-0.4, -0.2) is 85.6 Å². The molecule has 2 heterocycles. The van der Waals surface area contributed by atoms with E-state index in [-0.39, 0.29) is 6.61 Å². The Morgan fingerprint density at radius 2 is 1.15 bits per heavy atom. The van der Waals surface area contributed by atoms with Crippen LogP contribution in [0.3, 0.4) is 0 Å². The van der Waals surface area contributed by atoms with Crippen LogP contribution in [0.2, 0.25) is 0 Å². The summed E-state index contributed by atoms with van der Waals surface area (Å²) in [6.07, 6.45) is -3.73. The zero-order valence-electron chi connectivity index (χ0n) is 25.0. The number of benzene rings is 4. The second kappa shape index (κ2) is 18.1. The van der Waals surface area contributed by atoms with Crippen molar-refractivity contribution in [3.63, 3.8) is 0 Å². The first kappa shape index (κ1) is 36.3. The highest BCUT2D eigenvalue weighted by molar-refractivity contribution is 7.18. The lowest BCUT2D eigenvalue weighted by Gasteiger charge is -2.11. The highest BCUT2D eigenvalue weighted by Gasteiger charge is 2.44. The van der Waals surface area contributed by atoms with Crippen molar-refractivity contribution in [1.82, 2.24) is 4.98 Å². The number of aromatic carboxylic acids is 3. The minimum atomic E-state index is -1.11. The largest absolute Gasteiger partial charge is 0.494 e. The molecule has 5 aromatic rings. The maximum Gasteiger partial charge on any atom is 0.335 e. The van der Waals surface area contributed by atoms with Gasteiger partial charge in [-0.25, -0.2) is 19.4 Å². The molecule has 6 rings (SSSR count). The summed E-state index contributed by atoms with van der Waals surface area (Å²) in [5.74, 6) is -1.99. The van der Waals surface area contributed by atoms with E-state index in [9.17, 15) is 24.6 Å². The summed E-state index contributed by atoms with van der Waals surface area (Å²) in [7, 11) is 1.57. The normalized spacial score (nSPS) is 17.9. The molecular formula is C34H33NO11S. The first-order valence-electron chi connectivity index (χ1n) is 14.0. The molecule has 13 heteroatoms. The Bertz CT molecular complexity index is 1600. The van der Waals surface area contributed by atoms with Crippen molar-refractivity contribution in [3.05, 3.63) is 131 Å². The second-order valence-corrected chi connectivity index (χ2v) is 10.7. The number of rotatable bonds is 6. The van der Waals surface area contributed by atoms with Crippen LogP contribution in [0.5, 0.6) is 5.75 Å². The fourth-order valence-corrected chi connectivity index (χ4v) is 5.14. The van der Waals surface area contributed by atoms with Gasteiger partial charge < -0.3 is 40.1 Å². The van der Waals surface area contributed by atoms with Crippen LogP contribution in [0, 0.1) is 0 Å². The number of aliphatic hydroxyl groups is 3. The van der Waals surface area contributed by atoms with Crippen molar-refractivity contribution in [2.75, 3.05) is 13.7 Å². The number of nitrogens with zero attached hydrogens (tertiary/aromatic N) is 1. The molecule has 0 saturated carbocycles. The molecular weight excluding hydrogens is 630 g/mol. The standard InChI is InChI=1S/C13H15NO5S.3C7H6O2/c1-18-6-3-2-4-8-9(6)14-13(20-8)12-11(17)10(16)7(5-15)19-12;3*8-7(9)6-4-2-1-3-5-6/h2-4,7,10-12,15-17H,5H2,1H3;3*1-5H,(H,8,9)/t7-,10-,11-,12-;;;/m1.../s1. The van der Waals surface area contributed by atoms with Crippen molar-refractivity contribution in [2.24, 2.45) is 0 Å². The molecule has 0 bridgehead atoms. The zero-order chi connectivity index (χ0) is 34.3. The van der Waals surface area contributed by atoms with Gasteiger partial charge in [0.25, 0.3) is 0 Å². The number of para-hydroxylation sites is 1. The van der Waals surface area contributed by atoms with Crippen molar-refractivity contribution in [2.45, 2.75) is 24.4 Å². The Morgan fingerprint density at radius 1 is 0.702 bits per heavy atom. The molecule has 4 aromatic carbocycles. The maximum absolute atomic E-state index is 10.2. The minimum Gasteiger partial charge on any atom is -0.494 e. The molecule has 1 aromatic heterocycles. The van der Waals surface area contributed by atoms with E-state index in [1.165, 1.54) is 11.3 Å². The number of carboxylic acid groups (broad SMARTS) is 3. The second-order valence-electron chi connectivity index (χ2n) is 9.63. The Hall–Kier alpha value is -5.18. The van der Waals surface area contributed by atoms with Crippen LogP contribution in [0.25, 0.3) is 10.2 Å². The summed E-state index contributed by atoms with van der Waals surface area (Å²) < 4.78 is 11.6. The third-order valence-electron chi connectivity index (χ3n) is 6.47. The van der Waals surface area contributed by atoms with E-state index < -0.39 is 42.3 Å². The third kappa shape index (κ3) is 10.4. The molecule has 246 valence electrons. The lowest BCUT2D eigenvalue weighted by molar-refractivity contribution is -0.0227. The van der Waals surface area contributed by atoms with E-state index >= 15 is 0 Å². The Labute approximate surface area is 273 Å². The molecule has 12 nitrogen and oxygen atoms in total. The predicted octanol–water partition coefficient (Wildman–Crippen LogP) is 4.61. The molecule has 0 unspecified atom stereocenters. The van der Waals surface area contributed by atoms with Gasteiger partial charge in [0.2, 0.25) is 0 Å². The van der Waals surface area contributed by atoms with Gasteiger partial charge in [-0.2, -0.15) is 0 Å². The Morgan fingerprint density at radius 3 is 1.49 bits per heavy atom. The van der Waals surface area contributed by atoms with Crippen LogP contribution in [0.15, 0.2) is 109 Å². The molecule has 1 fully saturated rings. The fourth-order valence-electron chi connectivity index (χ4n) is 4.07. The maximum atomic E-state index is 10.2. The van der Waals surface area contributed by atoms with Crippen LogP contribution in [0.1, 0.15) is 42.2 Å². The van der Waals surface area contributed by atoms with Gasteiger partial charge in [0.15, 0.2) is 0 Å².